The van der Waals surface area contributed by atoms with Gasteiger partial charge in [-0.2, -0.15) is 0 Å². The molecule has 16 heavy (non-hydrogen) atoms. The van der Waals surface area contributed by atoms with Gasteiger partial charge in [0, 0.05) is 19.7 Å². The molecule has 96 valence electrons. The van der Waals surface area contributed by atoms with Crippen molar-refractivity contribution >= 4 is 0 Å². The molecule has 0 amide bonds. The van der Waals surface area contributed by atoms with Gasteiger partial charge in [-0.05, 0) is 52.5 Å². The maximum atomic E-state index is 8.94. The highest BCUT2D eigenvalue weighted by Crippen LogP contribution is 2.19. The van der Waals surface area contributed by atoms with E-state index in [9.17, 15) is 0 Å². The van der Waals surface area contributed by atoms with Gasteiger partial charge in [0.1, 0.15) is 0 Å². The summed E-state index contributed by atoms with van der Waals surface area (Å²) in [4.78, 5) is 2.47. The van der Waals surface area contributed by atoms with Crippen LogP contribution in [0.3, 0.4) is 0 Å². The number of hydrogen-bond donors (Lipinski definition) is 1. The molecular weight excluding hydrogens is 202 g/mol. The highest BCUT2D eigenvalue weighted by atomic mass is 16.5. The first-order valence-corrected chi connectivity index (χ1v) is 6.48. The topological polar surface area (TPSA) is 32.7 Å². The fourth-order valence-corrected chi connectivity index (χ4v) is 2.25. The Hall–Kier alpha value is -0.120. The number of rotatable bonds is 5. The van der Waals surface area contributed by atoms with Gasteiger partial charge in [-0.25, -0.2) is 0 Å². The maximum Gasteiger partial charge on any atom is 0.0600 e. The van der Waals surface area contributed by atoms with Gasteiger partial charge < -0.3 is 14.7 Å². The van der Waals surface area contributed by atoms with Crippen LogP contribution in [0.1, 0.15) is 40.0 Å². The monoisotopic (exact) mass is 229 g/mol. The third-order valence-corrected chi connectivity index (χ3v) is 3.08. The molecule has 0 aliphatic carbocycles. The Labute approximate surface area is 99.8 Å². The number of nitrogens with zero attached hydrogens (tertiary/aromatic N) is 1. The molecule has 3 nitrogen and oxygen atoms in total. The van der Waals surface area contributed by atoms with Crippen LogP contribution in [0, 0.1) is 5.92 Å². The first-order chi connectivity index (χ1) is 7.51. The second kappa shape index (κ2) is 6.58. The molecule has 1 atom stereocenters. The van der Waals surface area contributed by atoms with E-state index in [4.69, 9.17) is 9.84 Å². The number of aliphatic hydroxyl groups excluding tert-OH is 1. The lowest BCUT2D eigenvalue weighted by Gasteiger charge is -2.33. The Balaban J connectivity index is 2.16. The molecule has 0 aromatic carbocycles. The molecule has 1 rings (SSSR count). The van der Waals surface area contributed by atoms with Crippen molar-refractivity contribution < 1.29 is 9.84 Å². The van der Waals surface area contributed by atoms with E-state index in [-0.39, 0.29) is 5.60 Å². The molecule has 0 aromatic rings. The van der Waals surface area contributed by atoms with Crippen molar-refractivity contribution in [3.8, 4) is 0 Å². The van der Waals surface area contributed by atoms with Crippen molar-refractivity contribution in [3.63, 3.8) is 0 Å². The smallest absolute Gasteiger partial charge is 0.0600 e. The summed E-state index contributed by atoms with van der Waals surface area (Å²) in [6.07, 6.45) is 3.49. The molecule has 1 N–H and O–H groups in total. The molecule has 0 saturated carbocycles. The summed E-state index contributed by atoms with van der Waals surface area (Å²) >= 11 is 0. The molecule has 1 heterocycles. The molecule has 1 unspecified atom stereocenters. The molecule has 1 saturated heterocycles. The number of hydrogen-bond acceptors (Lipinski definition) is 3. The van der Waals surface area contributed by atoms with Crippen LogP contribution in [0.25, 0.3) is 0 Å². The average Bonchev–Trinajstić information content (AvgIpc) is 2.17. The molecular formula is C13H27NO2. The third kappa shape index (κ3) is 5.83. The van der Waals surface area contributed by atoms with Gasteiger partial charge in [0.25, 0.3) is 0 Å². The van der Waals surface area contributed by atoms with E-state index in [0.29, 0.717) is 12.5 Å². The van der Waals surface area contributed by atoms with Gasteiger partial charge in [0.2, 0.25) is 0 Å². The summed E-state index contributed by atoms with van der Waals surface area (Å²) in [7, 11) is 0. The van der Waals surface area contributed by atoms with E-state index in [1.165, 1.54) is 19.4 Å². The predicted octanol–water partition coefficient (Wildman–Crippen LogP) is 1.90. The highest BCUT2D eigenvalue weighted by Gasteiger charge is 2.19. The highest BCUT2D eigenvalue weighted by molar-refractivity contribution is 4.73. The van der Waals surface area contributed by atoms with Crippen molar-refractivity contribution in [3.05, 3.63) is 0 Å². The zero-order chi connectivity index (χ0) is 12.0. The molecule has 0 bridgehead atoms. The number of likely N-dealkylation sites (tertiary alicyclic amines) is 1. The van der Waals surface area contributed by atoms with Gasteiger partial charge >= 0.3 is 0 Å². The van der Waals surface area contributed by atoms with Crippen molar-refractivity contribution in [1.29, 1.82) is 0 Å². The van der Waals surface area contributed by atoms with Gasteiger partial charge in [0.15, 0.2) is 0 Å². The lowest BCUT2D eigenvalue weighted by molar-refractivity contribution is -0.0175. The van der Waals surface area contributed by atoms with E-state index < -0.39 is 0 Å². The predicted molar refractivity (Wildman–Crippen MR) is 66.6 cm³/mol. The zero-order valence-electron chi connectivity index (χ0n) is 11.0. The SMILES string of the molecule is CC(C)(C)OCCN1CCCC(CCO)C1. The molecule has 1 fully saturated rings. The first-order valence-electron chi connectivity index (χ1n) is 6.48. The van der Waals surface area contributed by atoms with Gasteiger partial charge in [-0.3, -0.25) is 0 Å². The van der Waals surface area contributed by atoms with E-state index in [2.05, 4.69) is 25.7 Å². The van der Waals surface area contributed by atoms with Gasteiger partial charge in [-0.1, -0.05) is 0 Å². The normalized spacial score (nSPS) is 23.6. The van der Waals surface area contributed by atoms with Crippen LogP contribution in [0.4, 0.5) is 0 Å². The van der Waals surface area contributed by atoms with Crippen molar-refractivity contribution in [1.82, 2.24) is 4.90 Å². The van der Waals surface area contributed by atoms with Crippen LogP contribution in [0.2, 0.25) is 0 Å². The fraction of sp³-hybridized carbons (Fsp3) is 1.00. The van der Waals surface area contributed by atoms with Crippen LogP contribution in [0.15, 0.2) is 0 Å². The van der Waals surface area contributed by atoms with Gasteiger partial charge in [0.05, 0.1) is 12.2 Å². The number of ether oxygens (including phenoxy) is 1. The summed E-state index contributed by atoms with van der Waals surface area (Å²) in [5, 5.41) is 8.94. The Morgan fingerprint density at radius 1 is 1.38 bits per heavy atom. The van der Waals surface area contributed by atoms with E-state index in [0.717, 1.165) is 26.1 Å². The first kappa shape index (κ1) is 13.9. The molecule has 0 spiro atoms. The summed E-state index contributed by atoms with van der Waals surface area (Å²) < 4.78 is 5.74. The Kier molecular flexibility index (Phi) is 5.73. The van der Waals surface area contributed by atoms with E-state index in [1.807, 2.05) is 0 Å². The van der Waals surface area contributed by atoms with Crippen LogP contribution in [-0.2, 0) is 4.74 Å². The van der Waals surface area contributed by atoms with Crippen LogP contribution >= 0.6 is 0 Å². The zero-order valence-corrected chi connectivity index (χ0v) is 11.0. The molecule has 0 radical (unpaired) electrons. The van der Waals surface area contributed by atoms with Gasteiger partial charge in [-0.15, -0.1) is 0 Å². The Morgan fingerprint density at radius 2 is 2.12 bits per heavy atom. The second-order valence-corrected chi connectivity index (χ2v) is 5.78. The Bertz CT molecular complexity index is 187. The van der Waals surface area contributed by atoms with Crippen molar-refractivity contribution in [2.45, 2.75) is 45.6 Å². The minimum atomic E-state index is -0.0275. The second-order valence-electron chi connectivity index (χ2n) is 5.78. The minimum absolute atomic E-state index is 0.0275. The lowest BCUT2D eigenvalue weighted by Crippen LogP contribution is -2.38. The van der Waals surface area contributed by atoms with E-state index in [1.54, 1.807) is 0 Å². The largest absolute Gasteiger partial charge is 0.396 e. The summed E-state index contributed by atoms with van der Waals surface area (Å²) in [5.74, 6) is 0.688. The van der Waals surface area contributed by atoms with Crippen LogP contribution < -0.4 is 0 Å². The Morgan fingerprint density at radius 3 is 2.75 bits per heavy atom. The molecule has 0 aromatic heterocycles. The standard InChI is InChI=1S/C13H27NO2/c1-13(2,3)16-10-8-14-7-4-5-12(11-14)6-9-15/h12,15H,4-11H2,1-3H3. The quantitative estimate of drug-likeness (QED) is 0.781. The fourth-order valence-electron chi connectivity index (χ4n) is 2.25. The van der Waals surface area contributed by atoms with Crippen LogP contribution in [-0.4, -0.2) is 48.5 Å². The number of aliphatic hydroxyl groups is 1. The van der Waals surface area contributed by atoms with E-state index >= 15 is 0 Å². The maximum absolute atomic E-state index is 8.94. The summed E-state index contributed by atoms with van der Waals surface area (Å²) in [5.41, 5.74) is -0.0275. The van der Waals surface area contributed by atoms with Crippen LogP contribution in [0.5, 0.6) is 0 Å². The summed E-state index contributed by atoms with van der Waals surface area (Å²) in [6, 6.07) is 0. The summed E-state index contributed by atoms with van der Waals surface area (Å²) in [6.45, 7) is 10.8. The lowest BCUT2D eigenvalue weighted by atomic mass is 9.95. The minimum Gasteiger partial charge on any atom is -0.396 e. The molecule has 1 aliphatic rings. The van der Waals surface area contributed by atoms with Crippen molar-refractivity contribution in [2.75, 3.05) is 32.8 Å². The third-order valence-electron chi connectivity index (χ3n) is 3.08. The van der Waals surface area contributed by atoms with Crippen molar-refractivity contribution in [2.24, 2.45) is 5.92 Å². The number of piperidine rings is 1. The molecule has 1 aliphatic heterocycles. The average molecular weight is 229 g/mol. The molecule has 3 heteroatoms.